The molecule has 1 aliphatic heterocycles. The average molecular weight is 314 g/mol. The Morgan fingerprint density at radius 1 is 1.04 bits per heavy atom. The van der Waals surface area contributed by atoms with Crippen LogP contribution in [-0.4, -0.2) is 5.11 Å². The molecule has 3 N–H and O–H groups in total. The third-order valence-electron chi connectivity index (χ3n) is 4.32. The van der Waals surface area contributed by atoms with Gasteiger partial charge in [0.05, 0.1) is 5.92 Å². The third kappa shape index (κ3) is 2.07. The number of allylic oxidation sites excluding steroid dienone is 1. The second-order valence-electron chi connectivity index (χ2n) is 5.72. The molecule has 1 aliphatic rings. The van der Waals surface area contributed by atoms with Crippen molar-refractivity contribution in [1.29, 1.82) is 5.26 Å². The normalized spacial score (nSPS) is 16.4. The molecule has 0 aliphatic carbocycles. The zero-order valence-corrected chi connectivity index (χ0v) is 12.7. The van der Waals surface area contributed by atoms with E-state index in [2.05, 4.69) is 6.07 Å². The van der Waals surface area contributed by atoms with Crippen molar-refractivity contribution in [2.45, 2.75) is 5.92 Å². The van der Waals surface area contributed by atoms with E-state index in [1.165, 1.54) is 0 Å². The van der Waals surface area contributed by atoms with E-state index in [9.17, 15) is 10.4 Å². The highest BCUT2D eigenvalue weighted by Gasteiger charge is 2.32. The summed E-state index contributed by atoms with van der Waals surface area (Å²) in [6, 6.07) is 20.9. The van der Waals surface area contributed by atoms with Crippen LogP contribution < -0.4 is 10.5 Å². The second-order valence-corrected chi connectivity index (χ2v) is 5.72. The average Bonchev–Trinajstić information content (AvgIpc) is 2.60. The first-order chi connectivity index (χ1) is 11.7. The zero-order valence-electron chi connectivity index (χ0n) is 12.7. The number of nitriles is 1. The fourth-order valence-corrected chi connectivity index (χ4v) is 3.28. The molecular weight excluding hydrogens is 300 g/mol. The number of hydrogen-bond donors (Lipinski definition) is 2. The molecule has 1 atom stereocenters. The van der Waals surface area contributed by atoms with Gasteiger partial charge in [0.2, 0.25) is 5.88 Å². The molecule has 0 saturated carbocycles. The number of benzene rings is 3. The van der Waals surface area contributed by atoms with Gasteiger partial charge in [0.25, 0.3) is 0 Å². The van der Waals surface area contributed by atoms with E-state index in [1.807, 2.05) is 42.5 Å². The molecule has 0 saturated heterocycles. The van der Waals surface area contributed by atoms with Crippen molar-refractivity contribution in [3.05, 3.63) is 83.2 Å². The minimum atomic E-state index is -0.378. The van der Waals surface area contributed by atoms with Crippen molar-refractivity contribution < 1.29 is 9.84 Å². The van der Waals surface area contributed by atoms with E-state index >= 15 is 0 Å². The Kier molecular flexibility index (Phi) is 3.14. The second kappa shape index (κ2) is 5.32. The van der Waals surface area contributed by atoms with Crippen LogP contribution in [0.4, 0.5) is 0 Å². The van der Waals surface area contributed by atoms with E-state index in [0.717, 1.165) is 21.9 Å². The first-order valence-electron chi connectivity index (χ1n) is 7.57. The van der Waals surface area contributed by atoms with Gasteiger partial charge in [-0.3, -0.25) is 0 Å². The monoisotopic (exact) mass is 314 g/mol. The van der Waals surface area contributed by atoms with E-state index in [0.29, 0.717) is 11.3 Å². The molecule has 0 bridgehead atoms. The largest absolute Gasteiger partial charge is 0.508 e. The smallest absolute Gasteiger partial charge is 0.205 e. The Morgan fingerprint density at radius 3 is 2.67 bits per heavy atom. The minimum Gasteiger partial charge on any atom is -0.508 e. The minimum absolute atomic E-state index is 0.105. The van der Waals surface area contributed by atoms with Crippen LogP contribution in [0.3, 0.4) is 0 Å². The van der Waals surface area contributed by atoms with E-state index in [-0.39, 0.29) is 17.6 Å². The lowest BCUT2D eigenvalue weighted by Gasteiger charge is -2.27. The van der Waals surface area contributed by atoms with Gasteiger partial charge in [0, 0.05) is 5.56 Å². The van der Waals surface area contributed by atoms with Crippen LogP contribution in [-0.2, 0) is 0 Å². The predicted molar refractivity (Wildman–Crippen MR) is 91.4 cm³/mol. The van der Waals surface area contributed by atoms with E-state index in [4.69, 9.17) is 10.5 Å². The Labute approximate surface area is 139 Å². The van der Waals surface area contributed by atoms with Crippen molar-refractivity contribution in [3.63, 3.8) is 0 Å². The Balaban J connectivity index is 2.07. The van der Waals surface area contributed by atoms with Crippen LogP contribution in [0.1, 0.15) is 17.0 Å². The molecule has 0 fully saturated rings. The van der Waals surface area contributed by atoms with E-state index < -0.39 is 0 Å². The number of phenols is 1. The number of aromatic hydroxyl groups is 1. The van der Waals surface area contributed by atoms with Gasteiger partial charge in [-0.2, -0.15) is 5.26 Å². The van der Waals surface area contributed by atoms with Gasteiger partial charge in [-0.1, -0.05) is 42.5 Å². The molecule has 4 nitrogen and oxygen atoms in total. The van der Waals surface area contributed by atoms with Crippen LogP contribution in [0.25, 0.3) is 10.8 Å². The molecule has 3 aromatic rings. The summed E-state index contributed by atoms with van der Waals surface area (Å²) in [5.41, 5.74) is 8.03. The van der Waals surface area contributed by atoms with Gasteiger partial charge in [0.15, 0.2) is 0 Å². The summed E-state index contributed by atoms with van der Waals surface area (Å²) in [6.07, 6.45) is 0. The first kappa shape index (κ1) is 14.2. The van der Waals surface area contributed by atoms with Crippen LogP contribution in [0.5, 0.6) is 11.5 Å². The van der Waals surface area contributed by atoms with Crippen LogP contribution >= 0.6 is 0 Å². The molecule has 0 aromatic heterocycles. The predicted octanol–water partition coefficient (Wildman–Crippen LogP) is 3.76. The molecular formula is C20H14N2O2. The molecule has 4 rings (SSSR count). The number of hydrogen-bond acceptors (Lipinski definition) is 4. The summed E-state index contributed by atoms with van der Waals surface area (Å²) in [5, 5.41) is 21.6. The third-order valence-corrected chi connectivity index (χ3v) is 4.32. The first-order valence-corrected chi connectivity index (χ1v) is 7.57. The number of fused-ring (bicyclic) bond motifs is 3. The molecule has 4 heteroatoms. The Bertz CT molecular complexity index is 1030. The molecule has 0 amide bonds. The number of nitrogens with two attached hydrogens (primary N) is 1. The zero-order chi connectivity index (χ0) is 16.7. The van der Waals surface area contributed by atoms with Crippen LogP contribution in [0.2, 0.25) is 0 Å². The van der Waals surface area contributed by atoms with Crippen molar-refractivity contribution >= 4 is 10.8 Å². The fourth-order valence-electron chi connectivity index (χ4n) is 3.28. The van der Waals surface area contributed by atoms with Gasteiger partial charge in [-0.25, -0.2) is 0 Å². The molecule has 0 radical (unpaired) electrons. The molecule has 0 spiro atoms. The summed E-state index contributed by atoms with van der Waals surface area (Å²) in [6.45, 7) is 0. The quantitative estimate of drug-likeness (QED) is 0.716. The van der Waals surface area contributed by atoms with Gasteiger partial charge in [-0.15, -0.1) is 0 Å². The topological polar surface area (TPSA) is 79.3 Å². The number of nitrogens with zero attached hydrogens (tertiary/aromatic N) is 1. The van der Waals surface area contributed by atoms with Gasteiger partial charge < -0.3 is 15.6 Å². The van der Waals surface area contributed by atoms with Gasteiger partial charge in [0.1, 0.15) is 23.1 Å². The molecule has 1 unspecified atom stereocenters. The fraction of sp³-hybridized carbons (Fsp3) is 0.0500. The molecule has 1 heterocycles. The Morgan fingerprint density at radius 2 is 1.88 bits per heavy atom. The SMILES string of the molecule is N#CC1=C(N)Oc2ccc3ccccc3c2C1c1cccc(O)c1. The highest BCUT2D eigenvalue weighted by molar-refractivity contribution is 5.90. The summed E-state index contributed by atoms with van der Waals surface area (Å²) < 4.78 is 5.70. The summed E-state index contributed by atoms with van der Waals surface area (Å²) in [4.78, 5) is 0. The maximum atomic E-state index is 9.87. The lowest BCUT2D eigenvalue weighted by atomic mass is 9.81. The molecule has 116 valence electrons. The van der Waals surface area contributed by atoms with Crippen molar-refractivity contribution in [1.82, 2.24) is 0 Å². The maximum absolute atomic E-state index is 9.87. The summed E-state index contributed by atoms with van der Waals surface area (Å²) in [7, 11) is 0. The summed E-state index contributed by atoms with van der Waals surface area (Å²) >= 11 is 0. The van der Waals surface area contributed by atoms with Crippen molar-refractivity contribution in [2.24, 2.45) is 5.73 Å². The van der Waals surface area contributed by atoms with Crippen molar-refractivity contribution in [2.75, 3.05) is 0 Å². The highest BCUT2D eigenvalue weighted by atomic mass is 16.5. The lowest BCUT2D eigenvalue weighted by molar-refractivity contribution is 0.394. The maximum Gasteiger partial charge on any atom is 0.205 e. The number of phenolic OH excluding ortho intramolecular Hbond substituents is 1. The van der Waals surface area contributed by atoms with Crippen molar-refractivity contribution in [3.8, 4) is 17.6 Å². The number of rotatable bonds is 1. The lowest BCUT2D eigenvalue weighted by Crippen LogP contribution is -2.21. The summed E-state index contributed by atoms with van der Waals surface area (Å²) in [5.74, 6) is 0.515. The molecule has 24 heavy (non-hydrogen) atoms. The van der Waals surface area contributed by atoms with Crippen LogP contribution in [0.15, 0.2) is 72.1 Å². The Hall–Kier alpha value is -3.45. The van der Waals surface area contributed by atoms with Gasteiger partial charge in [-0.05, 0) is 34.5 Å². The highest BCUT2D eigenvalue weighted by Crippen LogP contribution is 2.45. The number of ether oxygens (including phenoxy) is 1. The van der Waals surface area contributed by atoms with Gasteiger partial charge >= 0.3 is 0 Å². The standard InChI is InChI=1S/C20H14N2O2/c21-11-16-18(13-5-3-6-14(23)10-13)19-15-7-2-1-4-12(15)8-9-17(19)24-20(16)22/h1-10,18,23H,22H2. The van der Waals surface area contributed by atoms with E-state index in [1.54, 1.807) is 18.2 Å². The van der Waals surface area contributed by atoms with Crippen LogP contribution in [0, 0.1) is 11.3 Å². The molecule has 3 aromatic carbocycles.